The SMILES string of the molecule is O=C(O)Cc1ccc(CNc2cc(Br)c(F)cc2F)cc1. The standard InChI is InChI=1S/C15H12BrF2NO2/c16-11-6-14(13(18)7-12(11)17)19-8-10-3-1-9(2-4-10)5-15(20)21/h1-4,6-7,19H,5,8H2,(H,20,21). The molecule has 0 spiro atoms. The van der Waals surface area contributed by atoms with E-state index in [1.807, 2.05) is 0 Å². The topological polar surface area (TPSA) is 49.3 Å². The molecule has 0 atom stereocenters. The molecule has 0 aliphatic heterocycles. The molecule has 0 aliphatic carbocycles. The second kappa shape index (κ2) is 6.67. The lowest BCUT2D eigenvalue weighted by Crippen LogP contribution is -2.03. The zero-order valence-electron chi connectivity index (χ0n) is 10.9. The van der Waals surface area contributed by atoms with Crippen LogP contribution >= 0.6 is 15.9 Å². The summed E-state index contributed by atoms with van der Waals surface area (Å²) in [6.07, 6.45) is -0.0345. The number of anilines is 1. The molecule has 6 heteroatoms. The molecule has 0 aliphatic rings. The molecule has 0 unspecified atom stereocenters. The molecule has 0 saturated carbocycles. The molecule has 2 rings (SSSR count). The van der Waals surface area contributed by atoms with Gasteiger partial charge in [0.25, 0.3) is 0 Å². The summed E-state index contributed by atoms with van der Waals surface area (Å²) in [5.41, 5.74) is 1.75. The van der Waals surface area contributed by atoms with Gasteiger partial charge in [0, 0.05) is 12.6 Å². The number of hydrogen-bond acceptors (Lipinski definition) is 2. The third-order valence-corrected chi connectivity index (χ3v) is 3.48. The van der Waals surface area contributed by atoms with Crippen molar-refractivity contribution < 1.29 is 18.7 Å². The summed E-state index contributed by atoms with van der Waals surface area (Å²) in [7, 11) is 0. The van der Waals surface area contributed by atoms with Crippen LogP contribution in [0.25, 0.3) is 0 Å². The number of benzene rings is 2. The van der Waals surface area contributed by atoms with Gasteiger partial charge in [-0.05, 0) is 33.1 Å². The highest BCUT2D eigenvalue weighted by Crippen LogP contribution is 2.24. The molecule has 0 bridgehead atoms. The quantitative estimate of drug-likeness (QED) is 0.798. The Bertz CT molecular complexity index is 659. The summed E-state index contributed by atoms with van der Waals surface area (Å²) in [4.78, 5) is 10.6. The smallest absolute Gasteiger partial charge is 0.307 e. The molecule has 3 nitrogen and oxygen atoms in total. The second-order valence-corrected chi connectivity index (χ2v) is 5.34. The largest absolute Gasteiger partial charge is 0.481 e. The lowest BCUT2D eigenvalue weighted by Gasteiger charge is -2.09. The van der Waals surface area contributed by atoms with E-state index in [-0.39, 0.29) is 16.6 Å². The van der Waals surface area contributed by atoms with Crippen molar-refractivity contribution in [2.75, 3.05) is 5.32 Å². The molecular weight excluding hydrogens is 344 g/mol. The van der Waals surface area contributed by atoms with Crippen LogP contribution in [0.15, 0.2) is 40.9 Å². The Balaban J connectivity index is 2.03. The molecule has 2 aromatic carbocycles. The molecule has 2 N–H and O–H groups in total. The summed E-state index contributed by atoms with van der Waals surface area (Å²) in [5.74, 6) is -2.21. The molecule has 0 amide bonds. The van der Waals surface area contributed by atoms with Gasteiger partial charge >= 0.3 is 5.97 Å². The molecule has 0 fully saturated rings. The fourth-order valence-corrected chi connectivity index (χ4v) is 2.15. The highest BCUT2D eigenvalue weighted by atomic mass is 79.9. The van der Waals surface area contributed by atoms with Gasteiger partial charge in [-0.3, -0.25) is 4.79 Å². The van der Waals surface area contributed by atoms with Crippen molar-refractivity contribution in [1.82, 2.24) is 0 Å². The van der Waals surface area contributed by atoms with Crippen LogP contribution in [0, 0.1) is 11.6 Å². The van der Waals surface area contributed by atoms with Crippen molar-refractivity contribution in [2.24, 2.45) is 0 Å². The van der Waals surface area contributed by atoms with E-state index in [1.165, 1.54) is 6.07 Å². The van der Waals surface area contributed by atoms with E-state index < -0.39 is 17.6 Å². The lowest BCUT2D eigenvalue weighted by molar-refractivity contribution is -0.136. The van der Waals surface area contributed by atoms with Crippen LogP contribution in [0.2, 0.25) is 0 Å². The predicted octanol–water partition coefficient (Wildman–Crippen LogP) is 3.97. The first-order valence-electron chi connectivity index (χ1n) is 6.13. The number of carbonyl (C=O) groups is 1. The van der Waals surface area contributed by atoms with Crippen LogP contribution in [0.1, 0.15) is 11.1 Å². The maximum Gasteiger partial charge on any atom is 0.307 e. The number of aliphatic carboxylic acids is 1. The van der Waals surface area contributed by atoms with E-state index in [0.29, 0.717) is 12.1 Å². The Morgan fingerprint density at radius 3 is 2.33 bits per heavy atom. The Kier molecular flexibility index (Phi) is 4.90. The molecule has 110 valence electrons. The fourth-order valence-electron chi connectivity index (χ4n) is 1.80. The number of rotatable bonds is 5. The van der Waals surface area contributed by atoms with Gasteiger partial charge in [0.15, 0.2) is 0 Å². The van der Waals surface area contributed by atoms with Gasteiger partial charge in [-0.1, -0.05) is 24.3 Å². The van der Waals surface area contributed by atoms with Crippen LogP contribution in [-0.4, -0.2) is 11.1 Å². The predicted molar refractivity (Wildman–Crippen MR) is 79.2 cm³/mol. The van der Waals surface area contributed by atoms with Gasteiger partial charge < -0.3 is 10.4 Å². The zero-order chi connectivity index (χ0) is 15.4. The maximum atomic E-state index is 13.6. The average Bonchev–Trinajstić information content (AvgIpc) is 2.42. The third kappa shape index (κ3) is 4.26. The summed E-state index contributed by atoms with van der Waals surface area (Å²) in [6.45, 7) is 0.350. The van der Waals surface area contributed by atoms with Crippen LogP contribution in [-0.2, 0) is 17.8 Å². The molecular formula is C15H12BrF2NO2. The maximum absolute atomic E-state index is 13.6. The molecule has 0 saturated heterocycles. The van der Waals surface area contributed by atoms with E-state index in [1.54, 1.807) is 24.3 Å². The lowest BCUT2D eigenvalue weighted by atomic mass is 10.1. The van der Waals surface area contributed by atoms with Crippen LogP contribution < -0.4 is 5.32 Å². The van der Waals surface area contributed by atoms with Gasteiger partial charge in [-0.15, -0.1) is 0 Å². The van der Waals surface area contributed by atoms with Crippen LogP contribution in [0.5, 0.6) is 0 Å². The molecule has 0 radical (unpaired) electrons. The minimum absolute atomic E-state index is 0.0345. The van der Waals surface area contributed by atoms with Gasteiger partial charge in [0.1, 0.15) is 11.6 Å². The monoisotopic (exact) mass is 355 g/mol. The van der Waals surface area contributed by atoms with Gasteiger partial charge in [0.05, 0.1) is 16.6 Å². The molecule has 21 heavy (non-hydrogen) atoms. The number of carboxylic acid groups (broad SMARTS) is 1. The van der Waals surface area contributed by atoms with Crippen molar-refractivity contribution in [3.05, 3.63) is 63.6 Å². The Morgan fingerprint density at radius 1 is 1.10 bits per heavy atom. The average molecular weight is 356 g/mol. The van der Waals surface area contributed by atoms with Gasteiger partial charge in [-0.25, -0.2) is 8.78 Å². The minimum Gasteiger partial charge on any atom is -0.481 e. The summed E-state index contributed by atoms with van der Waals surface area (Å²) in [5, 5.41) is 11.5. The first kappa shape index (κ1) is 15.4. The van der Waals surface area contributed by atoms with E-state index in [0.717, 1.165) is 11.6 Å². The Labute approximate surface area is 128 Å². The first-order chi connectivity index (χ1) is 9.95. The van der Waals surface area contributed by atoms with Crippen molar-refractivity contribution >= 4 is 27.6 Å². The highest BCUT2D eigenvalue weighted by Gasteiger charge is 2.08. The summed E-state index contributed by atoms with van der Waals surface area (Å²) >= 11 is 3.00. The van der Waals surface area contributed by atoms with Crippen molar-refractivity contribution in [3.63, 3.8) is 0 Å². The fraction of sp³-hybridized carbons (Fsp3) is 0.133. The Hall–Kier alpha value is -1.95. The Morgan fingerprint density at radius 2 is 1.71 bits per heavy atom. The third-order valence-electron chi connectivity index (χ3n) is 2.87. The van der Waals surface area contributed by atoms with E-state index >= 15 is 0 Å². The minimum atomic E-state index is -0.890. The molecule has 2 aromatic rings. The molecule has 0 aromatic heterocycles. The van der Waals surface area contributed by atoms with Crippen LogP contribution in [0.4, 0.5) is 14.5 Å². The van der Waals surface area contributed by atoms with Crippen molar-refractivity contribution in [2.45, 2.75) is 13.0 Å². The second-order valence-electron chi connectivity index (χ2n) is 4.49. The van der Waals surface area contributed by atoms with Crippen molar-refractivity contribution in [1.29, 1.82) is 0 Å². The number of hydrogen-bond donors (Lipinski definition) is 2. The van der Waals surface area contributed by atoms with Crippen molar-refractivity contribution in [3.8, 4) is 0 Å². The normalized spacial score (nSPS) is 10.4. The highest BCUT2D eigenvalue weighted by molar-refractivity contribution is 9.10. The first-order valence-corrected chi connectivity index (χ1v) is 6.93. The van der Waals surface area contributed by atoms with Crippen LogP contribution in [0.3, 0.4) is 0 Å². The van der Waals surface area contributed by atoms with E-state index in [9.17, 15) is 13.6 Å². The zero-order valence-corrected chi connectivity index (χ0v) is 12.5. The van der Waals surface area contributed by atoms with E-state index in [4.69, 9.17) is 5.11 Å². The molecule has 0 heterocycles. The summed E-state index contributed by atoms with van der Waals surface area (Å²) < 4.78 is 26.8. The van der Waals surface area contributed by atoms with Gasteiger partial charge in [0.2, 0.25) is 0 Å². The number of nitrogens with one attached hydrogen (secondary N) is 1. The summed E-state index contributed by atoms with van der Waals surface area (Å²) in [6, 6.07) is 9.10. The number of carboxylic acids is 1. The van der Waals surface area contributed by atoms with E-state index in [2.05, 4.69) is 21.2 Å². The van der Waals surface area contributed by atoms with Gasteiger partial charge in [-0.2, -0.15) is 0 Å². The number of halogens is 3.